The predicted molar refractivity (Wildman–Crippen MR) is 55.0 cm³/mol. The summed E-state index contributed by atoms with van der Waals surface area (Å²) in [7, 11) is 27.0. The van der Waals surface area contributed by atoms with Crippen molar-refractivity contribution in [2.45, 2.75) is 0 Å². The van der Waals surface area contributed by atoms with Gasteiger partial charge in [-0.15, -0.1) is 16.4 Å². The fraction of sp³-hybridized carbons (Fsp3) is 0. The highest BCUT2D eigenvalue weighted by atomic mass is 16.3. The first kappa shape index (κ1) is 9.43. The highest BCUT2D eigenvalue weighted by Gasteiger charge is 2.07. The van der Waals surface area contributed by atoms with Gasteiger partial charge in [0.1, 0.15) is 39.2 Å². The molecule has 0 aromatic heterocycles. The van der Waals surface area contributed by atoms with E-state index >= 15 is 0 Å². The molecule has 0 fully saturated rings. The molecular formula is C6HB5O. The van der Waals surface area contributed by atoms with E-state index in [1.807, 2.05) is 0 Å². The molecule has 10 radical (unpaired) electrons. The molecule has 0 unspecified atom stereocenters. The fourth-order valence-electron chi connectivity index (χ4n) is 0.835. The third kappa shape index (κ3) is 1.19. The molecule has 1 aromatic rings. The van der Waals surface area contributed by atoms with E-state index in [1.165, 1.54) is 0 Å². The molecule has 1 nitrogen and oxygen atoms in total. The summed E-state index contributed by atoms with van der Waals surface area (Å²) in [4.78, 5) is 0. The first-order valence-corrected chi connectivity index (χ1v) is 3.17. The van der Waals surface area contributed by atoms with Gasteiger partial charge in [-0.3, -0.25) is 0 Å². The summed E-state index contributed by atoms with van der Waals surface area (Å²) in [6.45, 7) is 0. The van der Waals surface area contributed by atoms with E-state index < -0.39 is 0 Å². The molecule has 0 aliphatic heterocycles. The first-order valence-electron chi connectivity index (χ1n) is 3.17. The number of rotatable bonds is 0. The first-order chi connectivity index (χ1) is 5.46. The van der Waals surface area contributed by atoms with Gasteiger partial charge in [0.05, 0.1) is 5.75 Å². The van der Waals surface area contributed by atoms with Gasteiger partial charge in [0, 0.05) is 0 Å². The summed E-state index contributed by atoms with van der Waals surface area (Å²) >= 11 is 0. The van der Waals surface area contributed by atoms with Crippen molar-refractivity contribution in [3.63, 3.8) is 0 Å². The molecule has 0 amide bonds. The smallest absolute Gasteiger partial charge is 0.118 e. The van der Waals surface area contributed by atoms with Crippen LogP contribution in [0.15, 0.2) is 0 Å². The van der Waals surface area contributed by atoms with Crippen LogP contribution in [0.25, 0.3) is 0 Å². The maximum absolute atomic E-state index is 9.23. The molecular weight excluding hydrogens is 142 g/mol. The highest BCUT2D eigenvalue weighted by Crippen LogP contribution is 1.90. The predicted octanol–water partition coefficient (Wildman–Crippen LogP) is -4.64. The van der Waals surface area contributed by atoms with Gasteiger partial charge in [0.25, 0.3) is 0 Å². The molecule has 46 valence electrons. The highest BCUT2D eigenvalue weighted by molar-refractivity contribution is 6.67. The molecule has 0 saturated heterocycles. The Kier molecular flexibility index (Phi) is 2.36. The van der Waals surface area contributed by atoms with Crippen LogP contribution in [0.2, 0.25) is 0 Å². The summed E-state index contributed by atoms with van der Waals surface area (Å²) in [5, 5.41) is 9.23. The SMILES string of the molecule is [B]c1c([B])c([B])c(O)c([B])c1[B]. The third-order valence-corrected chi connectivity index (χ3v) is 1.67. The lowest BCUT2D eigenvalue weighted by molar-refractivity contribution is 0.484. The number of phenols is 1. The molecule has 0 aliphatic rings. The van der Waals surface area contributed by atoms with Crippen LogP contribution in [0.1, 0.15) is 0 Å². The van der Waals surface area contributed by atoms with Crippen LogP contribution in [-0.2, 0) is 0 Å². The lowest BCUT2D eigenvalue weighted by Crippen LogP contribution is -2.53. The van der Waals surface area contributed by atoms with Crippen LogP contribution in [0.4, 0.5) is 0 Å². The van der Waals surface area contributed by atoms with E-state index in [0.717, 1.165) is 0 Å². The van der Waals surface area contributed by atoms with Crippen molar-refractivity contribution >= 4 is 66.5 Å². The van der Waals surface area contributed by atoms with Gasteiger partial charge in [-0.25, -0.2) is 0 Å². The van der Waals surface area contributed by atoms with Crippen molar-refractivity contribution in [1.29, 1.82) is 0 Å². The van der Waals surface area contributed by atoms with E-state index in [2.05, 4.69) is 0 Å². The van der Waals surface area contributed by atoms with Crippen molar-refractivity contribution in [2.24, 2.45) is 0 Å². The molecule has 0 heterocycles. The summed E-state index contributed by atoms with van der Waals surface area (Å²) in [5.41, 5.74) is 0.125. The lowest BCUT2D eigenvalue weighted by atomic mass is 9.62. The maximum Gasteiger partial charge on any atom is 0.118 e. The summed E-state index contributed by atoms with van der Waals surface area (Å²) in [6.07, 6.45) is 0. The van der Waals surface area contributed by atoms with Gasteiger partial charge in [-0.2, -0.15) is 0 Å². The van der Waals surface area contributed by atoms with Crippen LogP contribution < -0.4 is 27.3 Å². The molecule has 0 saturated carbocycles. The van der Waals surface area contributed by atoms with Crippen LogP contribution in [0, 0.1) is 0 Å². The van der Waals surface area contributed by atoms with Crippen LogP contribution in [0.5, 0.6) is 5.75 Å². The van der Waals surface area contributed by atoms with E-state index in [-0.39, 0.29) is 33.1 Å². The van der Waals surface area contributed by atoms with E-state index in [0.29, 0.717) is 0 Å². The average molecular weight is 143 g/mol. The Hall–Kier alpha value is -0.655. The zero-order valence-corrected chi connectivity index (χ0v) is 6.33. The normalized spacial score (nSPS) is 10.0. The Morgan fingerprint density at radius 2 is 0.833 bits per heavy atom. The van der Waals surface area contributed by atoms with Crippen LogP contribution >= 0.6 is 0 Å². The molecule has 6 heteroatoms. The van der Waals surface area contributed by atoms with E-state index in [1.54, 1.807) is 0 Å². The van der Waals surface area contributed by atoms with Crippen LogP contribution in [-0.4, -0.2) is 44.3 Å². The largest absolute Gasteiger partial charge is 0.509 e. The molecule has 0 atom stereocenters. The zero-order valence-electron chi connectivity index (χ0n) is 6.33. The van der Waals surface area contributed by atoms with Gasteiger partial charge >= 0.3 is 0 Å². The Morgan fingerprint density at radius 1 is 0.583 bits per heavy atom. The Balaban J connectivity index is 3.60. The molecule has 1 N–H and O–H groups in total. The number of hydrogen-bond donors (Lipinski definition) is 1. The molecule has 0 aliphatic carbocycles. The average Bonchev–Trinajstić information content (AvgIpc) is 2.08. The minimum Gasteiger partial charge on any atom is -0.509 e. The van der Waals surface area contributed by atoms with Crippen molar-refractivity contribution in [3.05, 3.63) is 0 Å². The minimum atomic E-state index is -0.320. The standard InChI is InChI=1S/C6HB5O/c7-1-2(8)4(10)6(12)5(11)3(1)9/h12H. The topological polar surface area (TPSA) is 20.2 Å². The molecule has 0 bridgehead atoms. The van der Waals surface area contributed by atoms with Gasteiger partial charge < -0.3 is 5.11 Å². The van der Waals surface area contributed by atoms with Gasteiger partial charge in [0.15, 0.2) is 0 Å². The minimum absolute atomic E-state index is 0.0424. The van der Waals surface area contributed by atoms with Gasteiger partial charge in [-0.1, -0.05) is 10.9 Å². The van der Waals surface area contributed by atoms with Crippen molar-refractivity contribution in [1.82, 2.24) is 0 Å². The fourth-order valence-corrected chi connectivity index (χ4v) is 0.835. The Labute approximate surface area is 78.0 Å². The maximum atomic E-state index is 9.23. The molecule has 0 spiro atoms. The Morgan fingerprint density at radius 3 is 1.17 bits per heavy atom. The van der Waals surface area contributed by atoms with Gasteiger partial charge in [-0.05, 0) is 0 Å². The number of benzene rings is 1. The number of aromatic hydroxyl groups is 1. The zero-order chi connectivity index (χ0) is 9.46. The quantitative estimate of drug-likeness (QED) is 0.362. The molecule has 1 aromatic carbocycles. The monoisotopic (exact) mass is 144 g/mol. The third-order valence-electron chi connectivity index (χ3n) is 1.67. The number of hydrogen-bond acceptors (Lipinski definition) is 1. The van der Waals surface area contributed by atoms with Gasteiger partial charge in [0.2, 0.25) is 0 Å². The Bertz CT molecular complexity index is 230. The second-order valence-electron chi connectivity index (χ2n) is 2.42. The van der Waals surface area contributed by atoms with Crippen LogP contribution in [0.3, 0.4) is 0 Å². The van der Waals surface area contributed by atoms with Crippen molar-refractivity contribution < 1.29 is 5.11 Å². The summed E-state index contributed by atoms with van der Waals surface area (Å²) in [6, 6.07) is 0. The molecule has 12 heavy (non-hydrogen) atoms. The second-order valence-corrected chi connectivity index (χ2v) is 2.42. The second kappa shape index (κ2) is 3.00. The van der Waals surface area contributed by atoms with E-state index in [9.17, 15) is 5.11 Å². The number of phenolic OH excluding ortho intramolecular Hbond substituents is 1. The van der Waals surface area contributed by atoms with Crippen molar-refractivity contribution in [2.75, 3.05) is 0 Å². The van der Waals surface area contributed by atoms with E-state index in [4.69, 9.17) is 39.2 Å². The lowest BCUT2D eigenvalue weighted by Gasteiger charge is -2.16. The van der Waals surface area contributed by atoms with Crippen molar-refractivity contribution in [3.8, 4) is 5.75 Å². The summed E-state index contributed by atoms with van der Waals surface area (Å²) < 4.78 is 0. The molecule has 1 rings (SSSR count). The summed E-state index contributed by atoms with van der Waals surface area (Å²) in [5.74, 6) is -0.320.